The normalized spacial score (nSPS) is 15.2. The zero-order valence-corrected chi connectivity index (χ0v) is 18.2. The van der Waals surface area contributed by atoms with Crippen LogP contribution in [0.25, 0.3) is 11.3 Å². The zero-order chi connectivity index (χ0) is 22.3. The molecule has 1 fully saturated rings. The van der Waals surface area contributed by atoms with Crippen molar-refractivity contribution in [2.24, 2.45) is 0 Å². The van der Waals surface area contributed by atoms with Gasteiger partial charge in [0, 0.05) is 36.8 Å². The number of hydrogen-bond donors (Lipinski definition) is 1. The Morgan fingerprint density at radius 1 is 1.09 bits per heavy atom. The predicted octanol–water partition coefficient (Wildman–Crippen LogP) is 3.16. The largest absolute Gasteiger partial charge is 0.497 e. The summed E-state index contributed by atoms with van der Waals surface area (Å²) in [6.07, 6.45) is 0. The summed E-state index contributed by atoms with van der Waals surface area (Å²) >= 11 is 0. The fraction of sp³-hybridized carbons (Fsp3) is 0.333. The summed E-state index contributed by atoms with van der Waals surface area (Å²) in [4.78, 5) is 15.1. The molecule has 2 heterocycles. The number of para-hydroxylation sites is 1. The number of amides is 1. The van der Waals surface area contributed by atoms with Gasteiger partial charge in [0.2, 0.25) is 0 Å². The van der Waals surface area contributed by atoms with Crippen LogP contribution < -0.4 is 14.8 Å². The lowest BCUT2D eigenvalue weighted by atomic mass is 10.0. The van der Waals surface area contributed by atoms with Crippen molar-refractivity contribution in [1.82, 2.24) is 15.4 Å². The summed E-state index contributed by atoms with van der Waals surface area (Å²) in [5, 5.41) is 6.97. The van der Waals surface area contributed by atoms with E-state index in [-0.39, 0.29) is 17.6 Å². The number of nitrogens with one attached hydrogen (secondary N) is 1. The second-order valence-electron chi connectivity index (χ2n) is 7.42. The molecule has 1 aromatic heterocycles. The van der Waals surface area contributed by atoms with Gasteiger partial charge in [-0.25, -0.2) is 0 Å². The first-order chi connectivity index (χ1) is 15.7. The average Bonchev–Trinajstić information content (AvgIpc) is 3.35. The van der Waals surface area contributed by atoms with Gasteiger partial charge in [0.25, 0.3) is 5.91 Å². The van der Waals surface area contributed by atoms with E-state index in [1.54, 1.807) is 20.3 Å². The first-order valence-corrected chi connectivity index (χ1v) is 10.5. The Labute approximate surface area is 187 Å². The van der Waals surface area contributed by atoms with E-state index in [1.165, 1.54) is 0 Å². The summed E-state index contributed by atoms with van der Waals surface area (Å²) in [5.41, 5.74) is 2.07. The number of ether oxygens (including phenoxy) is 3. The third kappa shape index (κ3) is 4.92. The van der Waals surface area contributed by atoms with Gasteiger partial charge in [0.05, 0.1) is 33.5 Å². The molecule has 168 valence electrons. The number of benzene rings is 2. The van der Waals surface area contributed by atoms with Gasteiger partial charge >= 0.3 is 0 Å². The van der Waals surface area contributed by atoms with Crippen molar-refractivity contribution in [2.45, 2.75) is 6.04 Å². The minimum atomic E-state index is -0.290. The van der Waals surface area contributed by atoms with E-state index >= 15 is 0 Å². The third-order valence-electron chi connectivity index (χ3n) is 5.56. The van der Waals surface area contributed by atoms with Crippen LogP contribution in [0, 0.1) is 0 Å². The van der Waals surface area contributed by atoms with Crippen molar-refractivity contribution in [1.29, 1.82) is 0 Å². The van der Waals surface area contributed by atoms with Crippen LogP contribution in [-0.2, 0) is 4.74 Å². The first-order valence-electron chi connectivity index (χ1n) is 10.5. The summed E-state index contributed by atoms with van der Waals surface area (Å²) in [6.45, 7) is 3.29. The van der Waals surface area contributed by atoms with Crippen LogP contribution in [0.4, 0.5) is 0 Å². The monoisotopic (exact) mass is 437 g/mol. The van der Waals surface area contributed by atoms with Crippen molar-refractivity contribution >= 4 is 5.91 Å². The summed E-state index contributed by atoms with van der Waals surface area (Å²) in [7, 11) is 3.27. The molecule has 1 saturated heterocycles. The molecule has 2 aromatic carbocycles. The van der Waals surface area contributed by atoms with Gasteiger partial charge < -0.3 is 24.1 Å². The Bertz CT molecular complexity index is 1030. The highest BCUT2D eigenvalue weighted by Crippen LogP contribution is 2.30. The third-order valence-corrected chi connectivity index (χ3v) is 5.56. The minimum absolute atomic E-state index is 0.0491. The second kappa shape index (κ2) is 10.3. The first kappa shape index (κ1) is 21.9. The lowest BCUT2D eigenvalue weighted by molar-refractivity contribution is 0.0157. The zero-order valence-electron chi connectivity index (χ0n) is 18.2. The molecular formula is C24H27N3O5. The van der Waals surface area contributed by atoms with Gasteiger partial charge in [-0.15, -0.1) is 0 Å². The second-order valence-corrected chi connectivity index (χ2v) is 7.42. The molecule has 1 aliphatic heterocycles. The number of aromatic nitrogens is 1. The van der Waals surface area contributed by atoms with Gasteiger partial charge in [-0.2, -0.15) is 0 Å². The molecule has 1 atom stereocenters. The van der Waals surface area contributed by atoms with E-state index < -0.39 is 0 Å². The van der Waals surface area contributed by atoms with Crippen molar-refractivity contribution < 1.29 is 23.5 Å². The standard InChI is InChI=1S/C24H27N3O5/c1-29-18-9-7-17(8-10-18)23-15-20(26-32-23)24(28)25-16-21(27-11-13-31-14-12-27)19-5-3-4-6-22(19)30-2/h3-10,15,21H,11-14,16H2,1-2H3,(H,25,28). The van der Waals surface area contributed by atoms with Crippen LogP contribution in [0.2, 0.25) is 0 Å². The van der Waals surface area contributed by atoms with E-state index in [0.29, 0.717) is 25.5 Å². The summed E-state index contributed by atoms with van der Waals surface area (Å²) in [6, 6.07) is 16.9. The molecule has 1 unspecified atom stereocenters. The molecule has 0 spiro atoms. The van der Waals surface area contributed by atoms with E-state index in [4.69, 9.17) is 18.7 Å². The minimum Gasteiger partial charge on any atom is -0.497 e. The highest BCUT2D eigenvalue weighted by Gasteiger charge is 2.26. The van der Waals surface area contributed by atoms with E-state index in [2.05, 4.69) is 15.4 Å². The molecule has 4 rings (SSSR count). The average molecular weight is 437 g/mol. The Morgan fingerprint density at radius 3 is 2.56 bits per heavy atom. The van der Waals surface area contributed by atoms with Crippen LogP contribution in [0.3, 0.4) is 0 Å². The van der Waals surface area contributed by atoms with Crippen LogP contribution >= 0.6 is 0 Å². The molecule has 8 heteroatoms. The molecule has 1 N–H and O–H groups in total. The number of hydrogen-bond acceptors (Lipinski definition) is 7. The molecule has 0 bridgehead atoms. The van der Waals surface area contributed by atoms with E-state index in [9.17, 15) is 4.79 Å². The van der Waals surface area contributed by atoms with Crippen LogP contribution in [0.1, 0.15) is 22.1 Å². The summed E-state index contributed by atoms with van der Waals surface area (Å²) in [5.74, 6) is 1.77. The van der Waals surface area contributed by atoms with Crippen LogP contribution in [0.5, 0.6) is 11.5 Å². The maximum absolute atomic E-state index is 12.8. The van der Waals surface area contributed by atoms with Crippen LogP contribution in [0.15, 0.2) is 59.1 Å². The molecule has 1 amide bonds. The topological polar surface area (TPSA) is 86.1 Å². The highest BCUT2D eigenvalue weighted by atomic mass is 16.5. The Hall–Kier alpha value is -3.36. The van der Waals surface area contributed by atoms with Crippen molar-refractivity contribution in [3.05, 3.63) is 65.9 Å². The molecule has 1 aliphatic rings. The molecule has 3 aromatic rings. The number of morpholine rings is 1. The van der Waals surface area contributed by atoms with Crippen molar-refractivity contribution in [3.63, 3.8) is 0 Å². The van der Waals surface area contributed by atoms with Gasteiger partial charge in [-0.3, -0.25) is 9.69 Å². The number of rotatable bonds is 8. The maximum atomic E-state index is 12.8. The van der Waals surface area contributed by atoms with Crippen LogP contribution in [-0.4, -0.2) is 63.0 Å². The van der Waals surface area contributed by atoms with Gasteiger partial charge in [-0.05, 0) is 30.3 Å². The lowest BCUT2D eigenvalue weighted by Crippen LogP contribution is -2.44. The number of carbonyl (C=O) groups is 1. The molecule has 0 radical (unpaired) electrons. The summed E-state index contributed by atoms with van der Waals surface area (Å²) < 4.78 is 21.6. The Morgan fingerprint density at radius 2 is 1.84 bits per heavy atom. The number of methoxy groups -OCH3 is 2. The lowest BCUT2D eigenvalue weighted by Gasteiger charge is -2.35. The van der Waals surface area contributed by atoms with Crippen molar-refractivity contribution in [3.8, 4) is 22.8 Å². The van der Waals surface area contributed by atoms with E-state index in [1.807, 2.05) is 48.5 Å². The molecule has 32 heavy (non-hydrogen) atoms. The fourth-order valence-corrected chi connectivity index (χ4v) is 3.82. The predicted molar refractivity (Wildman–Crippen MR) is 119 cm³/mol. The fourth-order valence-electron chi connectivity index (χ4n) is 3.82. The van der Waals surface area contributed by atoms with Gasteiger partial charge in [0.1, 0.15) is 11.5 Å². The highest BCUT2D eigenvalue weighted by molar-refractivity contribution is 5.93. The SMILES string of the molecule is COc1ccc(-c2cc(C(=O)NCC(c3ccccc3OC)N3CCOCC3)no2)cc1. The Kier molecular flexibility index (Phi) is 7.03. The Balaban J connectivity index is 1.48. The molecule has 8 nitrogen and oxygen atoms in total. The van der Waals surface area contributed by atoms with Gasteiger partial charge in [-0.1, -0.05) is 23.4 Å². The molecule has 0 saturated carbocycles. The number of carbonyl (C=O) groups excluding carboxylic acids is 1. The van der Waals surface area contributed by atoms with Gasteiger partial charge in [0.15, 0.2) is 11.5 Å². The quantitative estimate of drug-likeness (QED) is 0.579. The molecule has 0 aliphatic carbocycles. The van der Waals surface area contributed by atoms with E-state index in [0.717, 1.165) is 35.7 Å². The van der Waals surface area contributed by atoms with Crippen molar-refractivity contribution in [2.75, 3.05) is 47.1 Å². The molecular weight excluding hydrogens is 410 g/mol. The smallest absolute Gasteiger partial charge is 0.273 e. The maximum Gasteiger partial charge on any atom is 0.273 e. The number of nitrogens with zero attached hydrogens (tertiary/aromatic N) is 2.